The Morgan fingerprint density at radius 3 is 2.70 bits per heavy atom. The summed E-state index contributed by atoms with van der Waals surface area (Å²) in [5.41, 5.74) is 0.253. The van der Waals surface area contributed by atoms with E-state index in [1.165, 1.54) is 6.42 Å². The molecule has 1 saturated heterocycles. The Labute approximate surface area is 200 Å². The lowest BCUT2D eigenvalue weighted by molar-refractivity contribution is -0.137. The van der Waals surface area contributed by atoms with Gasteiger partial charge in [-0.05, 0) is 45.6 Å². The molecule has 7 nitrogen and oxygen atoms in total. The Bertz CT molecular complexity index is 889. The molecule has 8 heteroatoms. The van der Waals surface area contributed by atoms with E-state index >= 15 is 0 Å². The Balaban J connectivity index is 1.95. The number of hydrogen-bond acceptors (Lipinski definition) is 6. The van der Waals surface area contributed by atoms with Gasteiger partial charge in [-0.2, -0.15) is 0 Å². The van der Waals surface area contributed by atoms with Crippen LogP contribution in [0.3, 0.4) is 0 Å². The molecule has 2 atom stereocenters. The van der Waals surface area contributed by atoms with E-state index in [1.54, 1.807) is 18.1 Å². The number of carboxylic acids is 1. The van der Waals surface area contributed by atoms with Gasteiger partial charge in [0.1, 0.15) is 11.0 Å². The third-order valence-electron chi connectivity index (χ3n) is 6.05. The number of carbonyl (C=O) groups excluding carboxylic acids is 1. The van der Waals surface area contributed by atoms with Crippen LogP contribution in [-0.2, 0) is 14.3 Å². The summed E-state index contributed by atoms with van der Waals surface area (Å²) in [5, 5.41) is 13.2. The molecule has 1 aliphatic heterocycles. The Hall–Kier alpha value is -1.92. The smallest absolute Gasteiger partial charge is 0.348 e. The molecule has 0 radical (unpaired) electrons. The average molecular weight is 477 g/mol. The molecular formula is C25H36N2O5S. The number of amides is 1. The van der Waals surface area contributed by atoms with Crippen molar-refractivity contribution in [3.63, 3.8) is 0 Å². The summed E-state index contributed by atoms with van der Waals surface area (Å²) < 4.78 is 11.1. The van der Waals surface area contributed by atoms with E-state index in [9.17, 15) is 14.7 Å². The molecule has 2 heterocycles. The number of hydrogen-bond donors (Lipinski definition) is 2. The van der Waals surface area contributed by atoms with Crippen molar-refractivity contribution in [1.82, 2.24) is 5.32 Å². The fraction of sp³-hybridized carbons (Fsp3) is 0.680. The van der Waals surface area contributed by atoms with E-state index < -0.39 is 12.1 Å². The summed E-state index contributed by atoms with van der Waals surface area (Å²) in [6.07, 6.45) is 4.85. The number of morpholine rings is 1. The zero-order valence-corrected chi connectivity index (χ0v) is 20.9. The second-order valence-electron chi connectivity index (χ2n) is 9.82. The highest BCUT2D eigenvalue weighted by atomic mass is 32.1. The number of nitrogens with one attached hydrogen (secondary N) is 1. The molecule has 2 fully saturated rings. The second kappa shape index (κ2) is 11.5. The van der Waals surface area contributed by atoms with E-state index in [0.29, 0.717) is 42.8 Å². The van der Waals surface area contributed by atoms with Crippen LogP contribution in [0.25, 0.3) is 0 Å². The number of methoxy groups -OCH3 is 1. The maximum Gasteiger partial charge on any atom is 0.348 e. The standard InChI is InChI=1S/C25H36N2O5S/c1-25(2,3)11-10-18-14-19(22(33-18)24(29)30)27-20(17-8-6-5-7-9-17)16-32-21(23(27)28)15-26-12-13-31-4/h14,17,20-21,26H,5-9,12-13,15-16H2,1-4H3,(H,29,30). The lowest BCUT2D eigenvalue weighted by atomic mass is 9.82. The predicted molar refractivity (Wildman–Crippen MR) is 130 cm³/mol. The number of aromatic carboxylic acids is 1. The highest BCUT2D eigenvalue weighted by molar-refractivity contribution is 7.15. The van der Waals surface area contributed by atoms with Crippen molar-refractivity contribution in [2.45, 2.75) is 65.0 Å². The first-order chi connectivity index (χ1) is 15.7. The zero-order valence-electron chi connectivity index (χ0n) is 20.1. The van der Waals surface area contributed by atoms with Crippen LogP contribution in [0, 0.1) is 23.2 Å². The number of thiophene rings is 1. The van der Waals surface area contributed by atoms with Crippen LogP contribution in [0.1, 0.15) is 67.4 Å². The van der Waals surface area contributed by atoms with Gasteiger partial charge in [-0.1, -0.05) is 31.1 Å². The Morgan fingerprint density at radius 2 is 2.06 bits per heavy atom. The molecule has 0 spiro atoms. The minimum atomic E-state index is -1.03. The summed E-state index contributed by atoms with van der Waals surface area (Å²) in [6, 6.07) is 1.62. The van der Waals surface area contributed by atoms with Crippen LogP contribution in [0.2, 0.25) is 0 Å². The Morgan fingerprint density at radius 1 is 1.33 bits per heavy atom. The number of carboxylic acid groups (broad SMARTS) is 1. The zero-order chi connectivity index (χ0) is 24.0. The lowest BCUT2D eigenvalue weighted by Crippen LogP contribution is -2.59. The third-order valence-corrected chi connectivity index (χ3v) is 7.07. The van der Waals surface area contributed by atoms with Crippen molar-refractivity contribution in [1.29, 1.82) is 0 Å². The van der Waals surface area contributed by atoms with Crippen molar-refractivity contribution in [3.8, 4) is 11.8 Å². The van der Waals surface area contributed by atoms with Gasteiger partial charge in [0, 0.05) is 25.6 Å². The van der Waals surface area contributed by atoms with Crippen LogP contribution < -0.4 is 10.2 Å². The maximum absolute atomic E-state index is 13.6. The monoisotopic (exact) mass is 476 g/mol. The molecule has 182 valence electrons. The van der Waals surface area contributed by atoms with Gasteiger partial charge in [0.05, 0.1) is 29.8 Å². The molecule has 2 unspecified atom stereocenters. The molecule has 1 aromatic rings. The van der Waals surface area contributed by atoms with Gasteiger partial charge in [0.2, 0.25) is 0 Å². The average Bonchev–Trinajstić information content (AvgIpc) is 3.20. The number of nitrogens with zero attached hydrogens (tertiary/aromatic N) is 1. The van der Waals surface area contributed by atoms with E-state index in [4.69, 9.17) is 9.47 Å². The Kier molecular flexibility index (Phi) is 8.94. The molecule has 3 rings (SSSR count). The van der Waals surface area contributed by atoms with Gasteiger partial charge < -0.3 is 24.8 Å². The molecule has 1 saturated carbocycles. The number of ether oxygens (including phenoxy) is 2. The van der Waals surface area contributed by atoms with Gasteiger partial charge >= 0.3 is 5.97 Å². The minimum absolute atomic E-state index is 0.162. The van der Waals surface area contributed by atoms with Crippen LogP contribution >= 0.6 is 11.3 Å². The largest absolute Gasteiger partial charge is 0.477 e. The van der Waals surface area contributed by atoms with E-state index in [0.717, 1.165) is 37.0 Å². The van der Waals surface area contributed by atoms with E-state index in [1.807, 2.05) is 20.8 Å². The number of carbonyl (C=O) groups is 2. The molecule has 33 heavy (non-hydrogen) atoms. The third kappa shape index (κ3) is 6.80. The predicted octanol–water partition coefficient (Wildman–Crippen LogP) is 3.76. The first-order valence-electron chi connectivity index (χ1n) is 11.8. The van der Waals surface area contributed by atoms with Gasteiger partial charge in [-0.15, -0.1) is 11.3 Å². The van der Waals surface area contributed by atoms with Gasteiger partial charge in [0.15, 0.2) is 0 Å². The summed E-state index contributed by atoms with van der Waals surface area (Å²) in [7, 11) is 1.63. The summed E-state index contributed by atoms with van der Waals surface area (Å²) in [4.78, 5) is 28.4. The molecule has 1 aromatic heterocycles. The molecule has 2 N–H and O–H groups in total. The van der Waals surface area contributed by atoms with Gasteiger partial charge in [-0.3, -0.25) is 4.79 Å². The SMILES string of the molecule is COCCNCC1OCC(C2CCCCC2)N(c2cc(C#CC(C)(C)C)sc2C(=O)O)C1=O. The molecule has 1 amide bonds. The van der Waals surface area contributed by atoms with Crippen molar-refractivity contribution in [2.24, 2.45) is 11.3 Å². The normalized spacial score (nSPS) is 22.2. The summed E-state index contributed by atoms with van der Waals surface area (Å²) >= 11 is 1.14. The summed E-state index contributed by atoms with van der Waals surface area (Å²) in [6.45, 7) is 7.96. The van der Waals surface area contributed by atoms with Crippen molar-refractivity contribution in [3.05, 3.63) is 15.8 Å². The molecule has 2 aliphatic rings. The maximum atomic E-state index is 13.6. The van der Waals surface area contributed by atoms with Crippen molar-refractivity contribution in [2.75, 3.05) is 38.3 Å². The minimum Gasteiger partial charge on any atom is -0.477 e. The molecule has 0 bridgehead atoms. The highest BCUT2D eigenvalue weighted by Crippen LogP contribution is 2.38. The fourth-order valence-electron chi connectivity index (χ4n) is 4.42. The fourth-order valence-corrected chi connectivity index (χ4v) is 5.26. The van der Waals surface area contributed by atoms with Crippen LogP contribution in [0.15, 0.2) is 6.07 Å². The topological polar surface area (TPSA) is 88.1 Å². The molecular weight excluding hydrogens is 440 g/mol. The van der Waals surface area contributed by atoms with Crippen LogP contribution in [0.5, 0.6) is 0 Å². The van der Waals surface area contributed by atoms with E-state index in [2.05, 4.69) is 17.2 Å². The summed E-state index contributed by atoms with van der Waals surface area (Å²) in [5.74, 6) is 5.38. The highest BCUT2D eigenvalue weighted by Gasteiger charge is 2.42. The number of rotatable bonds is 8. The molecule has 0 aromatic carbocycles. The van der Waals surface area contributed by atoms with Crippen LogP contribution in [0.4, 0.5) is 5.69 Å². The first-order valence-corrected chi connectivity index (χ1v) is 12.6. The molecule has 1 aliphatic carbocycles. The van der Waals surface area contributed by atoms with Gasteiger partial charge in [0.25, 0.3) is 5.91 Å². The van der Waals surface area contributed by atoms with Gasteiger partial charge in [-0.25, -0.2) is 4.79 Å². The first kappa shape index (κ1) is 25.7. The van der Waals surface area contributed by atoms with Crippen molar-refractivity contribution >= 4 is 28.9 Å². The van der Waals surface area contributed by atoms with Crippen molar-refractivity contribution < 1.29 is 24.2 Å². The quantitative estimate of drug-likeness (QED) is 0.439. The lowest BCUT2D eigenvalue weighted by Gasteiger charge is -2.44. The second-order valence-corrected chi connectivity index (χ2v) is 10.9. The van der Waals surface area contributed by atoms with E-state index in [-0.39, 0.29) is 22.2 Å². The van der Waals surface area contributed by atoms with Crippen LogP contribution in [-0.4, -0.2) is 62.5 Å². The number of anilines is 1.